The molecule has 6 nitrogen and oxygen atoms in total. The summed E-state index contributed by atoms with van der Waals surface area (Å²) in [5.41, 5.74) is 5.15. The molecule has 0 saturated heterocycles. The summed E-state index contributed by atoms with van der Waals surface area (Å²) in [5.74, 6) is -0.0656. The smallest absolute Gasteiger partial charge is 0.407 e. The summed E-state index contributed by atoms with van der Waals surface area (Å²) in [6.45, 7) is 0.113. The van der Waals surface area contributed by atoms with Crippen LogP contribution in [0.4, 0.5) is 4.79 Å². The lowest BCUT2D eigenvalue weighted by Gasteiger charge is -2.17. The van der Waals surface area contributed by atoms with Gasteiger partial charge < -0.3 is 19.9 Å². The summed E-state index contributed by atoms with van der Waals surface area (Å²) in [5, 5.41) is 12.7. The van der Waals surface area contributed by atoms with Crippen molar-refractivity contribution in [3.63, 3.8) is 0 Å². The first-order chi connectivity index (χ1) is 18.0. The van der Waals surface area contributed by atoms with Crippen molar-refractivity contribution >= 4 is 23.7 Å². The number of fused-ring (bicyclic) bond motifs is 3. The van der Waals surface area contributed by atoms with Crippen LogP contribution in [0.25, 0.3) is 11.1 Å². The molecule has 0 spiro atoms. The number of hydrogen-bond donors (Lipinski definition) is 2. The highest BCUT2D eigenvalue weighted by atomic mass is 35.5. The summed E-state index contributed by atoms with van der Waals surface area (Å²) in [4.78, 5) is 24.4. The Hall–Kier alpha value is -4.29. The fraction of sp³-hybridized carbons (Fsp3) is 0.133. The van der Waals surface area contributed by atoms with E-state index >= 15 is 0 Å². The SMILES string of the molecule is O=C(NC(Cc1ccc(Oc2cccc(Cl)c2)cc1)C(=O)O)OCC1c2ccccc2-c2ccccc21. The monoisotopic (exact) mass is 513 g/mol. The van der Waals surface area contributed by atoms with Crippen LogP contribution in [0, 0.1) is 0 Å². The van der Waals surface area contributed by atoms with Crippen LogP contribution in [0.5, 0.6) is 11.5 Å². The highest BCUT2D eigenvalue weighted by Crippen LogP contribution is 2.44. The van der Waals surface area contributed by atoms with Crippen molar-refractivity contribution in [1.29, 1.82) is 0 Å². The van der Waals surface area contributed by atoms with E-state index in [4.69, 9.17) is 21.1 Å². The molecule has 0 heterocycles. The molecule has 37 heavy (non-hydrogen) atoms. The van der Waals surface area contributed by atoms with Crippen LogP contribution in [0.15, 0.2) is 97.1 Å². The molecule has 5 rings (SSSR count). The Kier molecular flexibility index (Phi) is 7.10. The van der Waals surface area contributed by atoms with Crippen molar-refractivity contribution in [3.05, 3.63) is 119 Å². The van der Waals surface area contributed by atoms with Gasteiger partial charge in [-0.2, -0.15) is 0 Å². The number of carboxylic acids is 1. The molecular formula is C30H24ClNO5. The Morgan fingerprint density at radius 2 is 1.49 bits per heavy atom. The number of hydrogen-bond acceptors (Lipinski definition) is 4. The number of carboxylic acid groups (broad SMARTS) is 1. The second kappa shape index (κ2) is 10.8. The normalized spacial score (nSPS) is 12.8. The molecule has 1 atom stereocenters. The molecule has 1 amide bonds. The fourth-order valence-corrected chi connectivity index (χ4v) is 4.76. The third kappa shape index (κ3) is 5.60. The number of benzene rings is 4. The van der Waals surface area contributed by atoms with E-state index in [1.165, 1.54) is 0 Å². The van der Waals surface area contributed by atoms with Gasteiger partial charge in [0.05, 0.1) is 0 Å². The lowest BCUT2D eigenvalue weighted by atomic mass is 9.98. The van der Waals surface area contributed by atoms with Gasteiger partial charge in [-0.25, -0.2) is 9.59 Å². The molecule has 4 aromatic rings. The van der Waals surface area contributed by atoms with E-state index < -0.39 is 18.1 Å². The van der Waals surface area contributed by atoms with Gasteiger partial charge in [-0.05, 0) is 58.1 Å². The summed E-state index contributed by atoms with van der Waals surface area (Å²) in [6.07, 6.45) is -0.674. The van der Waals surface area contributed by atoms with Crippen molar-refractivity contribution in [2.75, 3.05) is 6.61 Å². The number of carbonyl (C=O) groups is 2. The van der Waals surface area contributed by atoms with E-state index in [2.05, 4.69) is 17.4 Å². The van der Waals surface area contributed by atoms with Crippen LogP contribution in [0.3, 0.4) is 0 Å². The first-order valence-corrected chi connectivity index (χ1v) is 12.2. The zero-order valence-corrected chi connectivity index (χ0v) is 20.5. The van der Waals surface area contributed by atoms with Gasteiger partial charge in [-0.15, -0.1) is 0 Å². The van der Waals surface area contributed by atoms with Gasteiger partial charge >= 0.3 is 12.1 Å². The summed E-state index contributed by atoms with van der Waals surface area (Å²) in [6, 6.07) is 29.0. The Labute approximate surface area is 219 Å². The van der Waals surface area contributed by atoms with E-state index in [0.29, 0.717) is 16.5 Å². The molecule has 0 radical (unpaired) electrons. The summed E-state index contributed by atoms with van der Waals surface area (Å²) in [7, 11) is 0. The van der Waals surface area contributed by atoms with Crippen LogP contribution < -0.4 is 10.1 Å². The van der Waals surface area contributed by atoms with Crippen molar-refractivity contribution in [2.24, 2.45) is 0 Å². The minimum absolute atomic E-state index is 0.0942. The number of rotatable bonds is 8. The molecule has 4 aromatic carbocycles. The Morgan fingerprint density at radius 3 is 2.11 bits per heavy atom. The average molecular weight is 514 g/mol. The minimum atomic E-state index is -1.15. The fourth-order valence-electron chi connectivity index (χ4n) is 4.58. The van der Waals surface area contributed by atoms with Crippen LogP contribution in [-0.2, 0) is 16.0 Å². The number of aliphatic carboxylic acids is 1. The zero-order chi connectivity index (χ0) is 25.8. The molecule has 0 bridgehead atoms. The minimum Gasteiger partial charge on any atom is -0.480 e. The van der Waals surface area contributed by atoms with Crippen LogP contribution in [0.1, 0.15) is 22.6 Å². The maximum Gasteiger partial charge on any atom is 0.407 e. The van der Waals surface area contributed by atoms with Gasteiger partial charge in [0, 0.05) is 17.4 Å². The van der Waals surface area contributed by atoms with Gasteiger partial charge in [0.15, 0.2) is 0 Å². The molecule has 1 aliphatic carbocycles. The first-order valence-electron chi connectivity index (χ1n) is 11.8. The summed E-state index contributed by atoms with van der Waals surface area (Å²) < 4.78 is 11.3. The molecule has 0 aromatic heterocycles. The Morgan fingerprint density at radius 1 is 0.838 bits per heavy atom. The number of ether oxygens (including phenoxy) is 2. The van der Waals surface area contributed by atoms with E-state index in [1.54, 1.807) is 48.5 Å². The third-order valence-electron chi connectivity index (χ3n) is 6.33. The van der Waals surface area contributed by atoms with E-state index in [0.717, 1.165) is 27.8 Å². The molecule has 186 valence electrons. The van der Waals surface area contributed by atoms with Crippen molar-refractivity contribution in [2.45, 2.75) is 18.4 Å². The van der Waals surface area contributed by atoms with Crippen LogP contribution in [0.2, 0.25) is 5.02 Å². The third-order valence-corrected chi connectivity index (χ3v) is 6.56. The lowest BCUT2D eigenvalue weighted by molar-refractivity contribution is -0.139. The van der Waals surface area contributed by atoms with Crippen LogP contribution in [-0.4, -0.2) is 29.8 Å². The topological polar surface area (TPSA) is 84.9 Å². The predicted molar refractivity (Wildman–Crippen MR) is 141 cm³/mol. The Balaban J connectivity index is 1.20. The van der Waals surface area contributed by atoms with Gasteiger partial charge in [0.25, 0.3) is 0 Å². The maximum absolute atomic E-state index is 12.6. The highest BCUT2D eigenvalue weighted by molar-refractivity contribution is 6.30. The Bertz CT molecular complexity index is 1390. The lowest BCUT2D eigenvalue weighted by Crippen LogP contribution is -2.42. The number of nitrogens with one attached hydrogen (secondary N) is 1. The van der Waals surface area contributed by atoms with Gasteiger partial charge in [0.1, 0.15) is 24.1 Å². The van der Waals surface area contributed by atoms with Crippen molar-refractivity contribution < 1.29 is 24.2 Å². The largest absolute Gasteiger partial charge is 0.480 e. The molecular weight excluding hydrogens is 490 g/mol. The first kappa shape index (κ1) is 24.4. The van der Waals surface area contributed by atoms with Crippen molar-refractivity contribution in [1.82, 2.24) is 5.32 Å². The van der Waals surface area contributed by atoms with Crippen LogP contribution >= 0.6 is 11.6 Å². The van der Waals surface area contributed by atoms with Gasteiger partial charge in [-0.1, -0.05) is 78.3 Å². The van der Waals surface area contributed by atoms with E-state index in [9.17, 15) is 14.7 Å². The second-order valence-electron chi connectivity index (χ2n) is 8.77. The second-order valence-corrected chi connectivity index (χ2v) is 9.20. The highest BCUT2D eigenvalue weighted by Gasteiger charge is 2.29. The average Bonchev–Trinajstić information content (AvgIpc) is 3.22. The molecule has 0 aliphatic heterocycles. The van der Waals surface area contributed by atoms with Gasteiger partial charge in [0.2, 0.25) is 0 Å². The maximum atomic E-state index is 12.6. The number of carbonyl (C=O) groups excluding carboxylic acids is 1. The van der Waals surface area contributed by atoms with E-state index in [-0.39, 0.29) is 18.9 Å². The number of halogens is 1. The molecule has 7 heteroatoms. The quantitative estimate of drug-likeness (QED) is 0.275. The molecule has 1 aliphatic rings. The van der Waals surface area contributed by atoms with Gasteiger partial charge in [-0.3, -0.25) is 0 Å². The van der Waals surface area contributed by atoms with E-state index in [1.807, 2.05) is 36.4 Å². The molecule has 1 unspecified atom stereocenters. The number of alkyl carbamates (subject to hydrolysis) is 1. The summed E-state index contributed by atoms with van der Waals surface area (Å²) >= 11 is 5.99. The standard InChI is InChI=1S/C30H24ClNO5/c31-20-6-5-7-22(17-20)37-21-14-12-19(13-15-21)16-28(29(33)34)32-30(35)36-18-27-25-10-3-1-8-23(25)24-9-2-4-11-26(24)27/h1-15,17,27-28H,16,18H2,(H,32,35)(H,33,34). The zero-order valence-electron chi connectivity index (χ0n) is 19.8. The molecule has 2 N–H and O–H groups in total. The number of amides is 1. The predicted octanol–water partition coefficient (Wildman–Crippen LogP) is 6.67. The molecule has 0 saturated carbocycles. The molecule has 0 fully saturated rings. The van der Waals surface area contributed by atoms with Crippen molar-refractivity contribution in [3.8, 4) is 22.6 Å².